The van der Waals surface area contributed by atoms with E-state index in [0.29, 0.717) is 12.1 Å². The van der Waals surface area contributed by atoms with Crippen LogP contribution >= 0.6 is 0 Å². The molecule has 0 saturated carbocycles. The van der Waals surface area contributed by atoms with E-state index in [2.05, 4.69) is 9.99 Å². The molecule has 0 aromatic carbocycles. The molecule has 3 rings (SSSR count). The van der Waals surface area contributed by atoms with Crippen molar-refractivity contribution in [2.75, 3.05) is 20.3 Å². The van der Waals surface area contributed by atoms with Gasteiger partial charge in [0.15, 0.2) is 12.6 Å². The highest BCUT2D eigenvalue weighted by atomic mass is 16.8. The Morgan fingerprint density at radius 1 is 1.03 bits per heavy atom. The maximum Gasteiger partial charge on any atom is 0.306 e. The molecule has 4 unspecified atom stereocenters. The van der Waals surface area contributed by atoms with Gasteiger partial charge in [-0.3, -0.25) is 4.79 Å². The number of fused-ring (bicyclic) bond motifs is 2. The van der Waals surface area contributed by atoms with Crippen molar-refractivity contribution in [1.82, 2.24) is 0 Å². The molecule has 0 aromatic rings. The fourth-order valence-electron chi connectivity index (χ4n) is 4.86. The van der Waals surface area contributed by atoms with Crippen molar-refractivity contribution in [3.05, 3.63) is 0 Å². The number of hydrogen-bond donors (Lipinski definition) is 3. The molecule has 3 N–H and O–H groups in total. The summed E-state index contributed by atoms with van der Waals surface area (Å²) in [7, 11) is 1.43. The van der Waals surface area contributed by atoms with Crippen LogP contribution in [0.3, 0.4) is 0 Å². The summed E-state index contributed by atoms with van der Waals surface area (Å²) in [5.41, 5.74) is 0.648. The van der Waals surface area contributed by atoms with Crippen molar-refractivity contribution < 1.29 is 53.4 Å². The standard InChI is InChI=1S/C24H41NO11/c1-11(2)17-18(27)14(9-31-16(26)8-7-13(5)25-30-6)34-23(19(17)28)36-21-15-10-32-22(21)20(29)24(35-15)33-12(3)4/h11-12,14-15,17-24,27-29H,7-10H2,1-6H3/b25-13+/t14?,15-,17+,18+,19?,20?,21-,22?,23+,24+/m1/s1. The Morgan fingerprint density at radius 3 is 2.39 bits per heavy atom. The van der Waals surface area contributed by atoms with Crippen LogP contribution in [0.15, 0.2) is 5.16 Å². The van der Waals surface area contributed by atoms with Gasteiger partial charge in [0.2, 0.25) is 0 Å². The van der Waals surface area contributed by atoms with Crippen molar-refractivity contribution in [2.45, 2.75) is 109 Å². The second kappa shape index (κ2) is 12.9. The van der Waals surface area contributed by atoms with Crippen molar-refractivity contribution in [1.29, 1.82) is 0 Å². The van der Waals surface area contributed by atoms with Gasteiger partial charge in [0.05, 0.1) is 30.9 Å². The fourth-order valence-corrected chi connectivity index (χ4v) is 4.86. The van der Waals surface area contributed by atoms with Crippen LogP contribution in [0.4, 0.5) is 0 Å². The average Bonchev–Trinajstić information content (AvgIpc) is 3.11. The SMILES string of the molecule is CO/N=C(\C)CCC(=O)OCC1O[C@@H](O[C@H]2C3OC[C@H]2O[C@H](OC(C)C)C3O)C(O)[C@@H](C(C)C)[C@H]1O. The Morgan fingerprint density at radius 2 is 1.75 bits per heavy atom. The largest absolute Gasteiger partial charge is 0.463 e. The minimum absolute atomic E-state index is 0.0925. The summed E-state index contributed by atoms with van der Waals surface area (Å²) in [6, 6.07) is 0. The van der Waals surface area contributed by atoms with E-state index in [-0.39, 0.29) is 31.7 Å². The first-order chi connectivity index (χ1) is 17.0. The average molecular weight is 520 g/mol. The number of esters is 1. The Hall–Kier alpha value is -1.38. The molecule has 3 fully saturated rings. The molecule has 2 bridgehead atoms. The number of oxime groups is 1. The van der Waals surface area contributed by atoms with Crippen LogP contribution in [0.5, 0.6) is 0 Å². The van der Waals surface area contributed by atoms with Gasteiger partial charge in [-0.1, -0.05) is 19.0 Å². The third-order valence-electron chi connectivity index (χ3n) is 6.64. The highest BCUT2D eigenvalue weighted by Gasteiger charge is 2.55. The molecule has 12 heteroatoms. The first-order valence-corrected chi connectivity index (χ1v) is 12.5. The molecule has 0 spiro atoms. The molecule has 36 heavy (non-hydrogen) atoms. The number of nitrogens with zero attached hydrogens (tertiary/aromatic N) is 1. The summed E-state index contributed by atoms with van der Waals surface area (Å²) in [6.45, 7) is 9.13. The maximum atomic E-state index is 12.2. The number of rotatable bonds is 11. The summed E-state index contributed by atoms with van der Waals surface area (Å²) in [6.07, 6.45) is -7.96. The van der Waals surface area contributed by atoms with Crippen molar-refractivity contribution in [2.24, 2.45) is 17.0 Å². The lowest BCUT2D eigenvalue weighted by Gasteiger charge is -2.46. The second-order valence-electron chi connectivity index (χ2n) is 10.2. The number of aliphatic hydroxyl groups excluding tert-OH is 3. The zero-order valence-corrected chi connectivity index (χ0v) is 21.8. The van der Waals surface area contributed by atoms with Gasteiger partial charge in [-0.25, -0.2) is 0 Å². The van der Waals surface area contributed by atoms with Gasteiger partial charge in [-0.2, -0.15) is 0 Å². The van der Waals surface area contributed by atoms with Crippen LogP contribution < -0.4 is 0 Å². The fraction of sp³-hybridized carbons (Fsp3) is 0.917. The van der Waals surface area contributed by atoms with Crippen molar-refractivity contribution in [3.8, 4) is 0 Å². The molecule has 0 aliphatic carbocycles. The lowest BCUT2D eigenvalue weighted by atomic mass is 9.80. The molecule has 10 atom stereocenters. The quantitative estimate of drug-likeness (QED) is 0.197. The smallest absolute Gasteiger partial charge is 0.306 e. The summed E-state index contributed by atoms with van der Waals surface area (Å²) in [5, 5.41) is 36.4. The normalized spacial score (nSPS) is 39.0. The predicted octanol–water partition coefficient (Wildman–Crippen LogP) is 0.346. The number of carbonyl (C=O) groups is 1. The van der Waals surface area contributed by atoms with Gasteiger partial charge in [-0.05, 0) is 33.1 Å². The van der Waals surface area contributed by atoms with Gasteiger partial charge in [0.1, 0.15) is 50.3 Å². The summed E-state index contributed by atoms with van der Waals surface area (Å²) < 4.78 is 34.5. The van der Waals surface area contributed by atoms with E-state index in [1.165, 1.54) is 7.11 Å². The first-order valence-electron chi connectivity index (χ1n) is 12.5. The molecular formula is C24H41NO11. The Balaban J connectivity index is 1.64. The Bertz CT molecular complexity index is 748. The Kier molecular flexibility index (Phi) is 10.5. The van der Waals surface area contributed by atoms with E-state index < -0.39 is 67.2 Å². The first kappa shape index (κ1) is 29.2. The molecule has 0 amide bonds. The van der Waals surface area contributed by atoms with Gasteiger partial charge in [0, 0.05) is 5.92 Å². The topological polar surface area (TPSA) is 155 Å². The number of aliphatic hydroxyl groups is 3. The molecule has 3 aliphatic heterocycles. The number of ether oxygens (including phenoxy) is 6. The monoisotopic (exact) mass is 519 g/mol. The van der Waals surface area contributed by atoms with E-state index in [9.17, 15) is 20.1 Å². The minimum atomic E-state index is -1.17. The molecule has 0 aromatic heterocycles. The van der Waals surface area contributed by atoms with Gasteiger partial charge in [0.25, 0.3) is 0 Å². The number of hydrogen-bond acceptors (Lipinski definition) is 12. The van der Waals surface area contributed by atoms with Gasteiger partial charge >= 0.3 is 5.97 Å². The second-order valence-corrected chi connectivity index (χ2v) is 10.2. The molecule has 0 radical (unpaired) electrons. The number of carbonyl (C=O) groups excluding carboxylic acids is 1. The van der Waals surface area contributed by atoms with Crippen LogP contribution in [0.25, 0.3) is 0 Å². The molecule has 3 heterocycles. The van der Waals surface area contributed by atoms with Gasteiger partial charge < -0.3 is 48.6 Å². The van der Waals surface area contributed by atoms with Crippen LogP contribution in [-0.4, -0.2) is 109 Å². The van der Waals surface area contributed by atoms with E-state index >= 15 is 0 Å². The third kappa shape index (κ3) is 6.93. The highest BCUT2D eigenvalue weighted by Crippen LogP contribution is 2.37. The minimum Gasteiger partial charge on any atom is -0.463 e. The maximum absolute atomic E-state index is 12.2. The zero-order chi connectivity index (χ0) is 26.6. The van der Waals surface area contributed by atoms with Crippen LogP contribution in [0.1, 0.15) is 47.5 Å². The van der Waals surface area contributed by atoms with E-state index in [1.807, 2.05) is 27.7 Å². The predicted molar refractivity (Wildman–Crippen MR) is 125 cm³/mol. The molecular weight excluding hydrogens is 478 g/mol. The lowest BCUT2D eigenvalue weighted by Crippen LogP contribution is -2.61. The molecule has 3 aliphatic rings. The summed E-state index contributed by atoms with van der Waals surface area (Å²) in [5.74, 6) is -1.21. The van der Waals surface area contributed by atoms with Crippen molar-refractivity contribution >= 4 is 11.7 Å². The highest BCUT2D eigenvalue weighted by molar-refractivity contribution is 5.85. The van der Waals surface area contributed by atoms with E-state index in [4.69, 9.17) is 28.4 Å². The molecule has 208 valence electrons. The van der Waals surface area contributed by atoms with E-state index in [0.717, 1.165) is 0 Å². The van der Waals surface area contributed by atoms with Crippen molar-refractivity contribution in [3.63, 3.8) is 0 Å². The van der Waals surface area contributed by atoms with Gasteiger partial charge in [-0.15, -0.1) is 0 Å². The van der Waals surface area contributed by atoms with Crippen LogP contribution in [-0.2, 0) is 38.1 Å². The summed E-state index contributed by atoms with van der Waals surface area (Å²) >= 11 is 0. The third-order valence-corrected chi connectivity index (χ3v) is 6.64. The lowest BCUT2D eigenvalue weighted by molar-refractivity contribution is -0.339. The molecule has 12 nitrogen and oxygen atoms in total. The molecule has 3 saturated heterocycles. The summed E-state index contributed by atoms with van der Waals surface area (Å²) in [4.78, 5) is 16.9. The van der Waals surface area contributed by atoms with E-state index in [1.54, 1.807) is 6.92 Å². The van der Waals surface area contributed by atoms with Crippen LogP contribution in [0, 0.1) is 11.8 Å². The van der Waals surface area contributed by atoms with Crippen LogP contribution in [0.2, 0.25) is 0 Å². The zero-order valence-electron chi connectivity index (χ0n) is 21.8. The Labute approximate surface area is 211 Å².